The first-order valence-electron chi connectivity index (χ1n) is 11.6. The van der Waals surface area contributed by atoms with E-state index in [1.807, 2.05) is 29.3 Å². The van der Waals surface area contributed by atoms with Crippen LogP contribution in [0.15, 0.2) is 24.4 Å². The molecule has 1 fully saturated rings. The highest BCUT2D eigenvalue weighted by Gasteiger charge is 2.21. The van der Waals surface area contributed by atoms with E-state index in [0.29, 0.717) is 12.6 Å². The first-order valence-corrected chi connectivity index (χ1v) is 16.1. The van der Waals surface area contributed by atoms with E-state index in [4.69, 9.17) is 14.5 Å². The van der Waals surface area contributed by atoms with E-state index in [-0.39, 0.29) is 0 Å². The topological polar surface area (TPSA) is 76.5 Å². The number of pyridine rings is 2. The van der Waals surface area contributed by atoms with Crippen LogP contribution in [0, 0.1) is 0 Å². The maximum absolute atomic E-state index is 6.13. The van der Waals surface area contributed by atoms with Gasteiger partial charge in [0.15, 0.2) is 0 Å². The van der Waals surface area contributed by atoms with Gasteiger partial charge in [-0.05, 0) is 24.2 Å². The highest BCUT2D eigenvalue weighted by Crippen LogP contribution is 2.33. The molecule has 4 rings (SSSR count). The molecule has 1 aliphatic rings. The average Bonchev–Trinajstić information content (AvgIpc) is 3.28. The molecule has 1 aliphatic heterocycles. The number of fused-ring (bicyclic) bond motifs is 1. The van der Waals surface area contributed by atoms with Crippen LogP contribution in [-0.4, -0.2) is 67.9 Å². The largest absolute Gasteiger partial charge is 0.378 e. The number of aromatic nitrogens is 4. The van der Waals surface area contributed by atoms with Crippen molar-refractivity contribution in [1.29, 1.82) is 0 Å². The highest BCUT2D eigenvalue weighted by molar-refractivity contribution is 7.15. The summed E-state index contributed by atoms with van der Waals surface area (Å²) in [5, 5.41) is 10.7. The Bertz CT molecular complexity index is 1060. The van der Waals surface area contributed by atoms with E-state index in [9.17, 15) is 0 Å². The van der Waals surface area contributed by atoms with Crippen molar-refractivity contribution >= 4 is 47.1 Å². The molecular weight excluding hydrogens is 452 g/mol. The quantitative estimate of drug-likeness (QED) is 0.240. The minimum absolute atomic E-state index is 0.326. The Morgan fingerprint density at radius 2 is 1.94 bits per heavy atom. The molecule has 178 valence electrons. The molecule has 10 heteroatoms. The monoisotopic (exact) mass is 486 g/mol. The number of nitrogens with zero attached hydrogens (tertiary/aromatic N) is 6. The molecule has 4 heterocycles. The first kappa shape index (κ1) is 24.0. The van der Waals surface area contributed by atoms with Gasteiger partial charge in [-0.15, -0.1) is 10.2 Å². The summed E-state index contributed by atoms with van der Waals surface area (Å²) in [6.45, 7) is 15.6. The molecule has 3 aromatic rings. The van der Waals surface area contributed by atoms with Crippen molar-refractivity contribution in [3.63, 3.8) is 0 Å². The Hall–Kier alpha value is -2.14. The van der Waals surface area contributed by atoms with Crippen LogP contribution in [-0.2, 0) is 9.47 Å². The number of ether oxygens (including phenoxy) is 2. The van der Waals surface area contributed by atoms with Gasteiger partial charge in [0.1, 0.15) is 23.1 Å². The van der Waals surface area contributed by atoms with Crippen LogP contribution in [0.2, 0.25) is 25.7 Å². The molecule has 0 saturated carbocycles. The van der Waals surface area contributed by atoms with Crippen LogP contribution in [0.5, 0.6) is 0 Å². The van der Waals surface area contributed by atoms with Gasteiger partial charge < -0.3 is 14.4 Å². The van der Waals surface area contributed by atoms with Crippen LogP contribution >= 0.6 is 11.3 Å². The number of hydrogen-bond acceptors (Lipinski definition) is 9. The zero-order valence-corrected chi connectivity index (χ0v) is 22.1. The van der Waals surface area contributed by atoms with Gasteiger partial charge in [0.05, 0.1) is 24.4 Å². The third-order valence-electron chi connectivity index (χ3n) is 5.55. The van der Waals surface area contributed by atoms with E-state index in [1.54, 1.807) is 11.3 Å². The van der Waals surface area contributed by atoms with E-state index in [2.05, 4.69) is 53.6 Å². The average molecular weight is 487 g/mol. The molecule has 8 nitrogen and oxygen atoms in total. The fraction of sp³-hybridized carbons (Fsp3) is 0.565. The lowest BCUT2D eigenvalue weighted by atomic mass is 10.2. The molecule has 0 radical (unpaired) electrons. The molecule has 0 bridgehead atoms. The Morgan fingerprint density at radius 3 is 2.64 bits per heavy atom. The van der Waals surface area contributed by atoms with Crippen LogP contribution < -0.4 is 9.80 Å². The van der Waals surface area contributed by atoms with Crippen molar-refractivity contribution in [2.24, 2.45) is 0 Å². The van der Waals surface area contributed by atoms with Crippen molar-refractivity contribution in [2.75, 3.05) is 49.4 Å². The second-order valence-electron chi connectivity index (χ2n) is 9.82. The smallest absolute Gasteiger partial charge is 0.215 e. The molecule has 0 spiro atoms. The maximum atomic E-state index is 6.13. The number of anilines is 3. The van der Waals surface area contributed by atoms with E-state index < -0.39 is 8.07 Å². The standard InChI is InChI=1S/C23H34N6O2SSi/c1-17(2)22-26-27-23(32-22)29(16-31-14-15-33(3,4)5)20-7-6-18-21(25-20)19(8-9-24-18)28-10-12-30-13-11-28/h6-9,17H,10-16H2,1-5H3. The summed E-state index contributed by atoms with van der Waals surface area (Å²) in [7, 11) is -1.17. The summed E-state index contributed by atoms with van der Waals surface area (Å²) < 4.78 is 11.7. The second-order valence-corrected chi connectivity index (χ2v) is 16.4. The summed E-state index contributed by atoms with van der Waals surface area (Å²) in [6, 6.07) is 7.18. The molecular formula is C23H34N6O2SSi. The summed E-state index contributed by atoms with van der Waals surface area (Å²) in [6.07, 6.45) is 1.85. The van der Waals surface area contributed by atoms with Gasteiger partial charge in [-0.3, -0.25) is 9.88 Å². The van der Waals surface area contributed by atoms with Gasteiger partial charge in [0.25, 0.3) is 0 Å². The molecule has 0 aromatic carbocycles. The SMILES string of the molecule is CC(C)c1nnc(N(COCC[Si](C)(C)C)c2ccc3nccc(N4CCOCC4)c3n2)s1. The van der Waals surface area contributed by atoms with Gasteiger partial charge in [-0.1, -0.05) is 44.8 Å². The van der Waals surface area contributed by atoms with E-state index in [0.717, 1.165) is 71.6 Å². The van der Waals surface area contributed by atoms with Gasteiger partial charge in [-0.25, -0.2) is 4.98 Å². The highest BCUT2D eigenvalue weighted by atomic mass is 32.1. The minimum Gasteiger partial charge on any atom is -0.378 e. The molecule has 33 heavy (non-hydrogen) atoms. The van der Waals surface area contributed by atoms with Crippen molar-refractivity contribution < 1.29 is 9.47 Å². The van der Waals surface area contributed by atoms with E-state index in [1.165, 1.54) is 0 Å². The van der Waals surface area contributed by atoms with Gasteiger partial charge in [-0.2, -0.15) is 0 Å². The molecule has 0 N–H and O–H groups in total. The number of hydrogen-bond donors (Lipinski definition) is 0. The lowest BCUT2D eigenvalue weighted by molar-refractivity contribution is 0.123. The lowest BCUT2D eigenvalue weighted by Crippen LogP contribution is -2.36. The zero-order valence-electron chi connectivity index (χ0n) is 20.2. The predicted molar refractivity (Wildman–Crippen MR) is 138 cm³/mol. The fourth-order valence-corrected chi connectivity index (χ4v) is 5.13. The summed E-state index contributed by atoms with van der Waals surface area (Å²) in [5.41, 5.74) is 2.85. The zero-order chi connectivity index (χ0) is 23.4. The first-order chi connectivity index (χ1) is 15.8. The third-order valence-corrected chi connectivity index (χ3v) is 8.50. The second kappa shape index (κ2) is 10.4. The molecule has 0 aliphatic carbocycles. The number of morpholine rings is 1. The van der Waals surface area contributed by atoms with Gasteiger partial charge >= 0.3 is 0 Å². The van der Waals surface area contributed by atoms with Crippen LogP contribution in [0.4, 0.5) is 16.6 Å². The van der Waals surface area contributed by atoms with Crippen LogP contribution in [0.3, 0.4) is 0 Å². The van der Waals surface area contributed by atoms with Crippen molar-refractivity contribution in [2.45, 2.75) is 45.5 Å². The summed E-state index contributed by atoms with van der Waals surface area (Å²) >= 11 is 1.59. The molecule has 0 amide bonds. The lowest BCUT2D eigenvalue weighted by Gasteiger charge is -2.29. The summed E-state index contributed by atoms with van der Waals surface area (Å²) in [4.78, 5) is 14.0. The van der Waals surface area contributed by atoms with Crippen molar-refractivity contribution in [3.8, 4) is 0 Å². The van der Waals surface area contributed by atoms with Crippen molar-refractivity contribution in [1.82, 2.24) is 20.2 Å². The number of rotatable bonds is 9. The van der Waals surface area contributed by atoms with Gasteiger partial charge in [0, 0.05) is 39.9 Å². The summed E-state index contributed by atoms with van der Waals surface area (Å²) in [5.74, 6) is 1.12. The van der Waals surface area contributed by atoms with Crippen LogP contribution in [0.25, 0.3) is 11.0 Å². The van der Waals surface area contributed by atoms with Crippen LogP contribution in [0.1, 0.15) is 24.8 Å². The predicted octanol–water partition coefficient (Wildman–Crippen LogP) is 4.89. The molecule has 0 atom stereocenters. The minimum atomic E-state index is -1.17. The van der Waals surface area contributed by atoms with E-state index >= 15 is 0 Å². The van der Waals surface area contributed by atoms with Gasteiger partial charge in [0.2, 0.25) is 5.13 Å². The Morgan fingerprint density at radius 1 is 1.15 bits per heavy atom. The Labute approximate surface area is 201 Å². The van der Waals surface area contributed by atoms with Crippen molar-refractivity contribution in [3.05, 3.63) is 29.4 Å². The maximum Gasteiger partial charge on any atom is 0.215 e. The molecule has 3 aromatic heterocycles. The third kappa shape index (κ3) is 6.06. The molecule has 0 unspecified atom stereocenters. The Balaban J connectivity index is 1.66. The normalized spacial score (nSPS) is 14.9. The molecule has 1 saturated heterocycles. The fourth-order valence-electron chi connectivity index (χ4n) is 3.53. The Kier molecular flexibility index (Phi) is 7.57.